The standard InChI is InChI=1S/C15H24O2/c1-12(2)10-14(16)13-6-9-17-15(11-13)7-4-3-5-8-15/h10,13H,3-9,11H2,1-2H3. The molecule has 2 fully saturated rings. The molecule has 0 aromatic heterocycles. The monoisotopic (exact) mass is 236 g/mol. The first-order chi connectivity index (χ1) is 8.11. The van der Waals surface area contributed by atoms with Crippen molar-refractivity contribution in [1.29, 1.82) is 0 Å². The van der Waals surface area contributed by atoms with Crippen LogP contribution in [0.5, 0.6) is 0 Å². The molecule has 0 aromatic carbocycles. The first kappa shape index (κ1) is 12.8. The Morgan fingerprint density at radius 2 is 1.94 bits per heavy atom. The fourth-order valence-electron chi connectivity index (χ4n) is 3.22. The molecule has 1 aliphatic carbocycles. The summed E-state index contributed by atoms with van der Waals surface area (Å²) in [5.74, 6) is 0.523. The van der Waals surface area contributed by atoms with Gasteiger partial charge in [-0.25, -0.2) is 0 Å². The Hall–Kier alpha value is -0.630. The average Bonchev–Trinajstić information content (AvgIpc) is 2.29. The number of ketones is 1. The lowest BCUT2D eigenvalue weighted by atomic mass is 9.75. The molecule has 2 rings (SSSR count). The molecule has 1 aliphatic heterocycles. The summed E-state index contributed by atoms with van der Waals surface area (Å²) >= 11 is 0. The van der Waals surface area contributed by atoms with Crippen LogP contribution in [0, 0.1) is 5.92 Å². The summed E-state index contributed by atoms with van der Waals surface area (Å²) in [4.78, 5) is 12.1. The Kier molecular flexibility index (Phi) is 4.03. The van der Waals surface area contributed by atoms with E-state index < -0.39 is 0 Å². The molecule has 1 saturated heterocycles. The van der Waals surface area contributed by atoms with Crippen molar-refractivity contribution in [1.82, 2.24) is 0 Å². The maximum absolute atomic E-state index is 12.1. The van der Waals surface area contributed by atoms with Crippen LogP contribution in [-0.4, -0.2) is 18.0 Å². The van der Waals surface area contributed by atoms with E-state index in [-0.39, 0.29) is 11.5 Å². The third-order valence-corrected chi connectivity index (χ3v) is 4.09. The highest BCUT2D eigenvalue weighted by Crippen LogP contribution is 2.40. The second-order valence-corrected chi connectivity index (χ2v) is 5.91. The third-order valence-electron chi connectivity index (χ3n) is 4.09. The summed E-state index contributed by atoms with van der Waals surface area (Å²) in [6, 6.07) is 0. The van der Waals surface area contributed by atoms with E-state index in [0.717, 1.165) is 37.9 Å². The predicted molar refractivity (Wildman–Crippen MR) is 68.9 cm³/mol. The molecule has 1 saturated carbocycles. The average molecular weight is 236 g/mol. The summed E-state index contributed by atoms with van der Waals surface area (Å²) in [6.45, 7) is 4.76. The maximum atomic E-state index is 12.1. The lowest BCUT2D eigenvalue weighted by molar-refractivity contribution is -0.139. The molecular formula is C15H24O2. The smallest absolute Gasteiger partial charge is 0.158 e. The van der Waals surface area contributed by atoms with E-state index in [1.165, 1.54) is 19.3 Å². The lowest BCUT2D eigenvalue weighted by Gasteiger charge is -2.43. The molecule has 0 amide bonds. The highest BCUT2D eigenvalue weighted by atomic mass is 16.5. The summed E-state index contributed by atoms with van der Waals surface area (Å²) in [5.41, 5.74) is 1.16. The largest absolute Gasteiger partial charge is 0.375 e. The highest BCUT2D eigenvalue weighted by molar-refractivity contribution is 5.92. The molecule has 0 bridgehead atoms. The summed E-state index contributed by atoms with van der Waals surface area (Å²) in [5, 5.41) is 0. The molecule has 17 heavy (non-hydrogen) atoms. The number of carbonyl (C=O) groups is 1. The van der Waals surface area contributed by atoms with Crippen molar-refractivity contribution in [3.63, 3.8) is 0 Å². The Labute approximate surface area is 104 Å². The van der Waals surface area contributed by atoms with Crippen LogP contribution < -0.4 is 0 Å². The number of allylic oxidation sites excluding steroid dienone is 2. The second-order valence-electron chi connectivity index (χ2n) is 5.91. The molecule has 0 N–H and O–H groups in total. The van der Waals surface area contributed by atoms with Gasteiger partial charge in [0.05, 0.1) is 5.60 Å². The van der Waals surface area contributed by atoms with E-state index in [9.17, 15) is 4.79 Å². The minimum atomic E-state index is 0.0479. The van der Waals surface area contributed by atoms with Gasteiger partial charge in [0.2, 0.25) is 0 Å². The van der Waals surface area contributed by atoms with Gasteiger partial charge < -0.3 is 4.74 Å². The van der Waals surface area contributed by atoms with Crippen molar-refractivity contribution in [2.24, 2.45) is 5.92 Å². The van der Waals surface area contributed by atoms with Crippen LogP contribution in [0.2, 0.25) is 0 Å². The van der Waals surface area contributed by atoms with E-state index in [1.54, 1.807) is 0 Å². The Morgan fingerprint density at radius 1 is 1.24 bits per heavy atom. The predicted octanol–water partition coefficient (Wildman–Crippen LogP) is 3.65. The molecule has 2 aliphatic rings. The second kappa shape index (κ2) is 5.34. The maximum Gasteiger partial charge on any atom is 0.158 e. The number of rotatable bonds is 2. The minimum Gasteiger partial charge on any atom is -0.375 e. The molecule has 2 heteroatoms. The molecule has 2 nitrogen and oxygen atoms in total. The van der Waals surface area contributed by atoms with Gasteiger partial charge in [-0.3, -0.25) is 4.79 Å². The molecule has 96 valence electrons. The van der Waals surface area contributed by atoms with Gasteiger partial charge in [0.15, 0.2) is 5.78 Å². The normalized spacial score (nSPS) is 27.8. The van der Waals surface area contributed by atoms with Crippen LogP contribution in [0.15, 0.2) is 11.6 Å². The molecular weight excluding hydrogens is 212 g/mol. The van der Waals surface area contributed by atoms with Gasteiger partial charge in [0.1, 0.15) is 0 Å². The van der Waals surface area contributed by atoms with Crippen LogP contribution in [0.3, 0.4) is 0 Å². The van der Waals surface area contributed by atoms with Gasteiger partial charge >= 0.3 is 0 Å². The molecule has 1 unspecified atom stereocenters. The summed E-state index contributed by atoms with van der Waals surface area (Å²) in [7, 11) is 0. The topological polar surface area (TPSA) is 26.3 Å². The van der Waals surface area contributed by atoms with Crippen molar-refractivity contribution in [2.45, 2.75) is 64.4 Å². The zero-order valence-electron chi connectivity index (χ0n) is 11.1. The molecule has 1 atom stereocenters. The fourth-order valence-corrected chi connectivity index (χ4v) is 3.22. The van der Waals surface area contributed by atoms with E-state index in [4.69, 9.17) is 4.74 Å². The molecule has 0 aromatic rings. The number of ether oxygens (including phenoxy) is 1. The summed E-state index contributed by atoms with van der Waals surface area (Å²) in [6.07, 6.45) is 9.86. The van der Waals surface area contributed by atoms with Gasteiger partial charge in [-0.15, -0.1) is 0 Å². The molecule has 1 heterocycles. The van der Waals surface area contributed by atoms with Crippen molar-refractivity contribution in [3.8, 4) is 0 Å². The number of carbonyl (C=O) groups excluding carboxylic acids is 1. The van der Waals surface area contributed by atoms with Crippen molar-refractivity contribution < 1.29 is 9.53 Å². The van der Waals surface area contributed by atoms with E-state index in [1.807, 2.05) is 19.9 Å². The first-order valence-electron chi connectivity index (χ1n) is 6.94. The van der Waals surface area contributed by atoms with Crippen LogP contribution in [0.4, 0.5) is 0 Å². The third kappa shape index (κ3) is 3.19. The SMILES string of the molecule is CC(C)=CC(=O)C1CCOC2(CCCCC2)C1. The van der Waals surface area contributed by atoms with Gasteiger partial charge in [-0.2, -0.15) is 0 Å². The molecule has 0 radical (unpaired) electrons. The fraction of sp³-hybridized carbons (Fsp3) is 0.800. The van der Waals surface area contributed by atoms with Crippen LogP contribution in [0.1, 0.15) is 58.8 Å². The number of hydrogen-bond acceptors (Lipinski definition) is 2. The van der Waals surface area contributed by atoms with Crippen molar-refractivity contribution in [3.05, 3.63) is 11.6 Å². The first-order valence-corrected chi connectivity index (χ1v) is 6.94. The van der Waals surface area contributed by atoms with Gasteiger partial charge in [-0.05, 0) is 45.6 Å². The zero-order valence-corrected chi connectivity index (χ0v) is 11.1. The van der Waals surface area contributed by atoms with Crippen LogP contribution >= 0.6 is 0 Å². The van der Waals surface area contributed by atoms with Gasteiger partial charge in [-0.1, -0.05) is 24.8 Å². The quantitative estimate of drug-likeness (QED) is 0.684. The van der Waals surface area contributed by atoms with E-state index in [2.05, 4.69) is 0 Å². The Morgan fingerprint density at radius 3 is 2.59 bits per heavy atom. The van der Waals surface area contributed by atoms with Crippen molar-refractivity contribution in [2.75, 3.05) is 6.61 Å². The number of hydrogen-bond donors (Lipinski definition) is 0. The minimum absolute atomic E-state index is 0.0479. The van der Waals surface area contributed by atoms with E-state index in [0.29, 0.717) is 5.78 Å². The van der Waals surface area contributed by atoms with Gasteiger partial charge in [0, 0.05) is 12.5 Å². The summed E-state index contributed by atoms with van der Waals surface area (Å²) < 4.78 is 6.02. The van der Waals surface area contributed by atoms with Gasteiger partial charge in [0.25, 0.3) is 0 Å². The molecule has 1 spiro atoms. The van der Waals surface area contributed by atoms with Crippen molar-refractivity contribution >= 4 is 5.78 Å². The highest BCUT2D eigenvalue weighted by Gasteiger charge is 2.40. The van der Waals surface area contributed by atoms with Crippen LogP contribution in [0.25, 0.3) is 0 Å². The Balaban J connectivity index is 2.01. The lowest BCUT2D eigenvalue weighted by Crippen LogP contribution is -2.43. The van der Waals surface area contributed by atoms with Crippen LogP contribution in [-0.2, 0) is 9.53 Å². The Bertz CT molecular complexity index is 301. The van der Waals surface area contributed by atoms with E-state index >= 15 is 0 Å². The zero-order chi connectivity index (χ0) is 12.3.